The number of carboxylic acids is 1. The molecule has 9 nitrogen and oxygen atoms in total. The summed E-state index contributed by atoms with van der Waals surface area (Å²) in [5.41, 5.74) is 0. The number of rotatable bonds is 9. The van der Waals surface area contributed by atoms with Crippen molar-refractivity contribution in [1.82, 2.24) is 15.5 Å². The van der Waals surface area contributed by atoms with Crippen LogP contribution in [0.1, 0.15) is 46.5 Å². The van der Waals surface area contributed by atoms with Gasteiger partial charge in [0.25, 0.3) is 11.8 Å². The minimum absolute atomic E-state index is 0.178. The predicted molar refractivity (Wildman–Crippen MR) is 95.7 cm³/mol. The molecule has 0 radical (unpaired) electrons. The second-order valence-corrected chi connectivity index (χ2v) is 7.17. The zero-order valence-corrected chi connectivity index (χ0v) is 16.1. The molecule has 0 spiro atoms. The fraction of sp³-hybridized carbons (Fsp3) is 0.778. The van der Waals surface area contributed by atoms with Gasteiger partial charge in [-0.1, -0.05) is 27.2 Å². The fourth-order valence-corrected chi connectivity index (χ4v) is 3.24. The molecule has 0 aromatic carbocycles. The number of carbonyl (C=O) groups is 4. The molecule has 0 saturated carbocycles. The minimum Gasteiger partial charge on any atom is -0.480 e. The molecule has 2 heterocycles. The Morgan fingerprint density at radius 2 is 1.85 bits per heavy atom. The van der Waals surface area contributed by atoms with Gasteiger partial charge < -0.3 is 25.4 Å². The number of aliphatic carboxylic acids is 1. The molecule has 152 valence electrons. The van der Waals surface area contributed by atoms with Gasteiger partial charge in [0, 0.05) is 13.1 Å². The molecule has 2 unspecified atom stereocenters. The zero-order valence-electron chi connectivity index (χ0n) is 16.1. The Bertz CT molecular complexity index is 596. The van der Waals surface area contributed by atoms with Crippen LogP contribution in [-0.2, 0) is 23.9 Å². The molecule has 0 aromatic rings. The maximum absolute atomic E-state index is 12.9. The van der Waals surface area contributed by atoms with Crippen LogP contribution >= 0.6 is 0 Å². The lowest BCUT2D eigenvalue weighted by Gasteiger charge is -2.30. The lowest BCUT2D eigenvalue weighted by Crippen LogP contribution is -2.55. The summed E-state index contributed by atoms with van der Waals surface area (Å²) in [6.45, 7) is 6.51. The smallest absolute Gasteiger partial charge is 0.326 e. The van der Waals surface area contributed by atoms with Gasteiger partial charge in [-0.15, -0.1) is 0 Å². The molecule has 0 bridgehead atoms. The number of hydrogen-bond acceptors (Lipinski definition) is 5. The predicted octanol–water partition coefficient (Wildman–Crippen LogP) is -0.113. The van der Waals surface area contributed by atoms with Gasteiger partial charge in [-0.05, 0) is 25.2 Å². The van der Waals surface area contributed by atoms with Crippen LogP contribution in [0, 0.1) is 5.92 Å². The first-order chi connectivity index (χ1) is 12.8. The highest BCUT2D eigenvalue weighted by molar-refractivity contribution is 5.97. The maximum atomic E-state index is 12.9. The van der Waals surface area contributed by atoms with Crippen LogP contribution in [0.15, 0.2) is 0 Å². The quantitative estimate of drug-likeness (QED) is 0.477. The molecule has 9 heteroatoms. The largest absolute Gasteiger partial charge is 0.480 e. The van der Waals surface area contributed by atoms with Crippen LogP contribution in [-0.4, -0.2) is 71.1 Å². The highest BCUT2D eigenvalue weighted by Crippen LogP contribution is 2.25. The highest BCUT2D eigenvalue weighted by Gasteiger charge is 2.51. The monoisotopic (exact) mass is 383 g/mol. The lowest BCUT2D eigenvalue weighted by molar-refractivity contribution is -0.150. The Morgan fingerprint density at radius 3 is 2.44 bits per heavy atom. The molecule has 2 aliphatic heterocycles. The van der Waals surface area contributed by atoms with E-state index in [4.69, 9.17) is 4.74 Å². The number of ether oxygens (including phenoxy) is 1. The zero-order chi connectivity index (χ0) is 20.1. The standard InChI is InChI=1S/C18H29N3O6/c1-4-8-19-15(22)13-14(27-13)16(23)20-12(10(3)5-2)17(24)21-9-6-7-11(21)18(25)26/h10-14H,4-9H2,1-3H3,(H,19,22)(H,20,23)(H,25,26)/t10-,11?,12-,13?,14-/m0/s1. The third-order valence-corrected chi connectivity index (χ3v) is 5.16. The molecule has 3 N–H and O–H groups in total. The van der Waals surface area contributed by atoms with E-state index < -0.39 is 42.1 Å². The van der Waals surface area contributed by atoms with E-state index in [1.165, 1.54) is 4.90 Å². The van der Waals surface area contributed by atoms with E-state index in [2.05, 4.69) is 10.6 Å². The van der Waals surface area contributed by atoms with E-state index >= 15 is 0 Å². The molecule has 2 saturated heterocycles. The average Bonchev–Trinajstić information content (AvgIpc) is 3.30. The molecule has 2 aliphatic rings. The molecule has 0 aromatic heterocycles. The van der Waals surface area contributed by atoms with Crippen molar-refractivity contribution in [2.75, 3.05) is 13.1 Å². The first-order valence-electron chi connectivity index (χ1n) is 9.58. The van der Waals surface area contributed by atoms with Crippen LogP contribution in [0.3, 0.4) is 0 Å². The summed E-state index contributed by atoms with van der Waals surface area (Å²) in [6, 6.07) is -1.70. The summed E-state index contributed by atoms with van der Waals surface area (Å²) in [5, 5.41) is 14.7. The van der Waals surface area contributed by atoms with Gasteiger partial charge in [0.1, 0.15) is 12.1 Å². The molecule has 0 aliphatic carbocycles. The van der Waals surface area contributed by atoms with Crippen LogP contribution in [0.25, 0.3) is 0 Å². The van der Waals surface area contributed by atoms with Gasteiger partial charge >= 0.3 is 5.97 Å². The Labute approximate surface area is 158 Å². The van der Waals surface area contributed by atoms with Gasteiger partial charge in [-0.25, -0.2) is 4.79 Å². The van der Waals surface area contributed by atoms with Crippen LogP contribution < -0.4 is 10.6 Å². The van der Waals surface area contributed by atoms with Gasteiger partial charge in [0.05, 0.1) is 0 Å². The van der Waals surface area contributed by atoms with E-state index in [-0.39, 0.29) is 11.8 Å². The first kappa shape index (κ1) is 21.1. The van der Waals surface area contributed by atoms with Crippen molar-refractivity contribution < 1.29 is 29.0 Å². The van der Waals surface area contributed by atoms with Crippen LogP contribution in [0.2, 0.25) is 0 Å². The van der Waals surface area contributed by atoms with E-state index in [0.29, 0.717) is 32.4 Å². The van der Waals surface area contributed by atoms with Gasteiger partial charge in [0.15, 0.2) is 12.2 Å². The molecule has 2 fully saturated rings. The summed E-state index contributed by atoms with van der Waals surface area (Å²) in [5.74, 6) is -2.46. The van der Waals surface area contributed by atoms with Crippen molar-refractivity contribution in [2.45, 2.75) is 70.7 Å². The van der Waals surface area contributed by atoms with Crippen molar-refractivity contribution in [3.8, 4) is 0 Å². The topological polar surface area (TPSA) is 128 Å². The van der Waals surface area contributed by atoms with E-state index in [1.807, 2.05) is 20.8 Å². The maximum Gasteiger partial charge on any atom is 0.326 e. The second kappa shape index (κ2) is 9.16. The summed E-state index contributed by atoms with van der Waals surface area (Å²) < 4.78 is 5.17. The molecule has 3 amide bonds. The third-order valence-electron chi connectivity index (χ3n) is 5.16. The first-order valence-corrected chi connectivity index (χ1v) is 9.58. The number of likely N-dealkylation sites (tertiary alicyclic amines) is 1. The second-order valence-electron chi connectivity index (χ2n) is 7.17. The SMILES string of the molecule is CCCNC(=O)C1O[C@@H]1C(=O)N[C@H](C(=O)N1CCCC1C(=O)O)[C@@H](C)CC. The number of nitrogens with one attached hydrogen (secondary N) is 2. The number of carbonyl (C=O) groups excluding carboxylic acids is 3. The van der Waals surface area contributed by atoms with Crippen molar-refractivity contribution in [3.05, 3.63) is 0 Å². The molecule has 27 heavy (non-hydrogen) atoms. The Balaban J connectivity index is 2.01. The Morgan fingerprint density at radius 1 is 1.19 bits per heavy atom. The summed E-state index contributed by atoms with van der Waals surface area (Å²) in [6.07, 6.45) is 0.704. The summed E-state index contributed by atoms with van der Waals surface area (Å²) in [7, 11) is 0. The van der Waals surface area contributed by atoms with Crippen molar-refractivity contribution in [2.24, 2.45) is 5.92 Å². The van der Waals surface area contributed by atoms with E-state index in [1.54, 1.807) is 0 Å². The average molecular weight is 383 g/mol. The third kappa shape index (κ3) is 4.97. The molecular formula is C18H29N3O6. The van der Waals surface area contributed by atoms with Crippen molar-refractivity contribution in [1.29, 1.82) is 0 Å². The van der Waals surface area contributed by atoms with Gasteiger partial charge in [0.2, 0.25) is 5.91 Å². The van der Waals surface area contributed by atoms with E-state index in [9.17, 15) is 24.3 Å². The fourth-order valence-electron chi connectivity index (χ4n) is 3.24. The summed E-state index contributed by atoms with van der Waals surface area (Å²) >= 11 is 0. The van der Waals surface area contributed by atoms with Crippen LogP contribution in [0.4, 0.5) is 0 Å². The Kier molecular flexibility index (Phi) is 7.18. The normalized spacial score (nSPS) is 26.2. The Hall–Kier alpha value is -2.16. The van der Waals surface area contributed by atoms with Gasteiger partial charge in [-0.3, -0.25) is 14.4 Å². The number of carboxylic acid groups (broad SMARTS) is 1. The number of nitrogens with zero attached hydrogens (tertiary/aromatic N) is 1. The highest BCUT2D eigenvalue weighted by atomic mass is 16.6. The number of amides is 3. The minimum atomic E-state index is -1.03. The number of epoxide rings is 1. The van der Waals surface area contributed by atoms with E-state index in [0.717, 1.165) is 6.42 Å². The lowest BCUT2D eigenvalue weighted by atomic mass is 9.97. The van der Waals surface area contributed by atoms with Crippen LogP contribution in [0.5, 0.6) is 0 Å². The van der Waals surface area contributed by atoms with Crippen molar-refractivity contribution in [3.63, 3.8) is 0 Å². The molecular weight excluding hydrogens is 354 g/mol. The van der Waals surface area contributed by atoms with Gasteiger partial charge in [-0.2, -0.15) is 0 Å². The molecule has 2 rings (SSSR count). The summed E-state index contributed by atoms with van der Waals surface area (Å²) in [4.78, 5) is 49.9. The number of hydrogen-bond donors (Lipinski definition) is 3. The molecule has 5 atom stereocenters. The van der Waals surface area contributed by atoms with Crippen molar-refractivity contribution >= 4 is 23.7 Å².